The predicted molar refractivity (Wildman–Crippen MR) is 78.3 cm³/mol. The topological polar surface area (TPSA) is 46.2 Å². The number of alkyl halides is 3. The van der Waals surface area contributed by atoms with E-state index in [4.69, 9.17) is 11.6 Å². The van der Waals surface area contributed by atoms with Crippen molar-refractivity contribution in [3.63, 3.8) is 0 Å². The lowest BCUT2D eigenvalue weighted by atomic mass is 10.1. The van der Waals surface area contributed by atoms with Crippen LogP contribution in [0.1, 0.15) is 44.1 Å². The first-order valence-electron chi connectivity index (χ1n) is 7.09. The third-order valence-corrected chi connectivity index (χ3v) is 5.73. The van der Waals surface area contributed by atoms with E-state index in [1.807, 2.05) is 0 Å². The SMILES string of the molecule is O=S(=O)(NC1CCCCCC1)c1cc(C(F)(F)F)ccc1Cl. The Morgan fingerprint density at radius 2 is 1.68 bits per heavy atom. The van der Waals surface area contributed by atoms with Crippen molar-refractivity contribution in [3.8, 4) is 0 Å². The number of benzene rings is 1. The van der Waals surface area contributed by atoms with Crippen LogP contribution in [0.25, 0.3) is 0 Å². The fraction of sp³-hybridized carbons (Fsp3) is 0.571. The zero-order valence-electron chi connectivity index (χ0n) is 11.8. The minimum atomic E-state index is -4.61. The molecule has 0 aromatic heterocycles. The van der Waals surface area contributed by atoms with Gasteiger partial charge in [0.2, 0.25) is 10.0 Å². The van der Waals surface area contributed by atoms with Crippen molar-refractivity contribution in [2.75, 3.05) is 0 Å². The fourth-order valence-corrected chi connectivity index (χ4v) is 4.40. The van der Waals surface area contributed by atoms with Gasteiger partial charge in [0, 0.05) is 6.04 Å². The van der Waals surface area contributed by atoms with E-state index in [1.54, 1.807) is 0 Å². The number of sulfonamides is 1. The molecule has 0 heterocycles. The van der Waals surface area contributed by atoms with Gasteiger partial charge >= 0.3 is 6.18 Å². The van der Waals surface area contributed by atoms with Crippen LogP contribution in [0.2, 0.25) is 5.02 Å². The summed E-state index contributed by atoms with van der Waals surface area (Å²) in [6, 6.07) is 2.07. The lowest BCUT2D eigenvalue weighted by molar-refractivity contribution is -0.137. The number of nitrogens with one attached hydrogen (secondary N) is 1. The number of hydrogen-bond donors (Lipinski definition) is 1. The summed E-state index contributed by atoms with van der Waals surface area (Å²) in [6.45, 7) is 0. The Kier molecular flexibility index (Phi) is 5.40. The highest BCUT2D eigenvalue weighted by atomic mass is 35.5. The molecule has 0 radical (unpaired) electrons. The monoisotopic (exact) mass is 355 g/mol. The molecule has 22 heavy (non-hydrogen) atoms. The van der Waals surface area contributed by atoms with Crippen LogP contribution >= 0.6 is 11.6 Å². The van der Waals surface area contributed by atoms with Crippen LogP contribution in [0, 0.1) is 0 Å². The lowest BCUT2D eigenvalue weighted by Crippen LogP contribution is -2.34. The van der Waals surface area contributed by atoms with Gasteiger partial charge in [0.05, 0.1) is 10.6 Å². The van der Waals surface area contributed by atoms with E-state index in [9.17, 15) is 21.6 Å². The third kappa shape index (κ3) is 4.36. The van der Waals surface area contributed by atoms with Crippen molar-refractivity contribution in [3.05, 3.63) is 28.8 Å². The van der Waals surface area contributed by atoms with Gasteiger partial charge in [-0.1, -0.05) is 37.3 Å². The Hall–Kier alpha value is -0.790. The molecule has 0 amide bonds. The molecule has 0 spiro atoms. The maximum Gasteiger partial charge on any atom is 0.416 e. The molecule has 0 saturated heterocycles. The molecule has 1 saturated carbocycles. The van der Waals surface area contributed by atoms with Gasteiger partial charge in [-0.05, 0) is 31.0 Å². The van der Waals surface area contributed by atoms with Gasteiger partial charge in [-0.3, -0.25) is 0 Å². The summed E-state index contributed by atoms with van der Waals surface area (Å²) in [6.07, 6.45) is 0.668. The highest BCUT2D eigenvalue weighted by Gasteiger charge is 2.33. The molecule has 1 N–H and O–H groups in total. The van der Waals surface area contributed by atoms with Crippen molar-refractivity contribution in [1.82, 2.24) is 4.72 Å². The maximum absolute atomic E-state index is 12.7. The molecule has 0 aliphatic heterocycles. The Labute approximate surface area is 132 Å². The second-order valence-corrected chi connectivity index (χ2v) is 7.54. The minimum absolute atomic E-state index is 0.214. The predicted octanol–water partition coefficient (Wildman–Crippen LogP) is 4.36. The molecule has 124 valence electrons. The Balaban J connectivity index is 2.28. The zero-order chi connectivity index (χ0) is 16.4. The summed E-state index contributed by atoms with van der Waals surface area (Å²) in [5.41, 5.74) is -1.03. The van der Waals surface area contributed by atoms with Gasteiger partial charge in [-0.25, -0.2) is 13.1 Å². The summed E-state index contributed by atoms with van der Waals surface area (Å²) in [5, 5.41) is -0.214. The smallest absolute Gasteiger partial charge is 0.208 e. The van der Waals surface area contributed by atoms with Crippen molar-refractivity contribution in [2.24, 2.45) is 0 Å². The van der Waals surface area contributed by atoms with Gasteiger partial charge in [0.25, 0.3) is 0 Å². The molecule has 0 unspecified atom stereocenters. The summed E-state index contributed by atoms with van der Waals surface area (Å²) < 4.78 is 65.4. The molecule has 2 rings (SSSR count). The lowest BCUT2D eigenvalue weighted by Gasteiger charge is -2.18. The molecule has 0 atom stereocenters. The van der Waals surface area contributed by atoms with Crippen molar-refractivity contribution in [1.29, 1.82) is 0 Å². The normalized spacial score (nSPS) is 18.2. The van der Waals surface area contributed by atoms with Crippen molar-refractivity contribution < 1.29 is 21.6 Å². The van der Waals surface area contributed by atoms with Crippen LogP contribution in [-0.4, -0.2) is 14.5 Å². The van der Waals surface area contributed by atoms with Crippen LogP contribution in [0.5, 0.6) is 0 Å². The second-order valence-electron chi connectivity index (χ2n) is 5.45. The van der Waals surface area contributed by atoms with E-state index in [0.29, 0.717) is 18.9 Å². The van der Waals surface area contributed by atoms with E-state index in [1.165, 1.54) is 0 Å². The molecule has 8 heteroatoms. The van der Waals surface area contributed by atoms with Gasteiger partial charge in [-0.15, -0.1) is 0 Å². The van der Waals surface area contributed by atoms with Gasteiger partial charge in [-0.2, -0.15) is 13.2 Å². The summed E-state index contributed by atoms with van der Waals surface area (Å²) in [7, 11) is -4.07. The van der Waals surface area contributed by atoms with Gasteiger partial charge < -0.3 is 0 Å². The molecule has 3 nitrogen and oxygen atoms in total. The quantitative estimate of drug-likeness (QED) is 0.819. The Morgan fingerprint density at radius 1 is 1.09 bits per heavy atom. The summed E-state index contributed by atoms with van der Waals surface area (Å²) in [5.74, 6) is 0. The largest absolute Gasteiger partial charge is 0.416 e. The number of halogens is 4. The van der Waals surface area contributed by atoms with E-state index < -0.39 is 26.7 Å². The molecule has 1 aliphatic carbocycles. The molecule has 1 fully saturated rings. The van der Waals surface area contributed by atoms with Crippen molar-refractivity contribution in [2.45, 2.75) is 55.6 Å². The molecule has 0 bridgehead atoms. The Bertz CT molecular complexity index is 623. The second kappa shape index (κ2) is 6.76. The zero-order valence-corrected chi connectivity index (χ0v) is 13.4. The van der Waals surface area contributed by atoms with Crippen LogP contribution in [0.15, 0.2) is 23.1 Å². The van der Waals surface area contributed by atoms with Crippen LogP contribution < -0.4 is 4.72 Å². The highest BCUT2D eigenvalue weighted by molar-refractivity contribution is 7.89. The Morgan fingerprint density at radius 3 is 2.23 bits per heavy atom. The average Bonchev–Trinajstić information content (AvgIpc) is 2.65. The van der Waals surface area contributed by atoms with Crippen LogP contribution in [0.4, 0.5) is 13.2 Å². The van der Waals surface area contributed by atoms with E-state index >= 15 is 0 Å². The number of rotatable bonds is 3. The molecule has 1 aromatic rings. The standard InChI is InChI=1S/C14H17ClF3NO2S/c15-12-8-7-10(14(16,17)18)9-13(12)22(20,21)19-11-5-3-1-2-4-6-11/h7-9,11,19H,1-6H2. The van der Waals surface area contributed by atoms with Gasteiger partial charge in [0.15, 0.2) is 0 Å². The van der Waals surface area contributed by atoms with E-state index in [-0.39, 0.29) is 11.1 Å². The number of hydrogen-bond acceptors (Lipinski definition) is 2. The van der Waals surface area contributed by atoms with Crippen molar-refractivity contribution >= 4 is 21.6 Å². The van der Waals surface area contributed by atoms with E-state index in [2.05, 4.69) is 4.72 Å². The van der Waals surface area contributed by atoms with Crippen LogP contribution in [0.3, 0.4) is 0 Å². The highest BCUT2D eigenvalue weighted by Crippen LogP contribution is 2.33. The first-order valence-corrected chi connectivity index (χ1v) is 8.95. The average molecular weight is 356 g/mol. The molecular formula is C14H17ClF3NO2S. The van der Waals surface area contributed by atoms with E-state index in [0.717, 1.165) is 37.8 Å². The summed E-state index contributed by atoms with van der Waals surface area (Å²) in [4.78, 5) is -0.520. The first kappa shape index (κ1) is 17.6. The molecule has 1 aromatic carbocycles. The minimum Gasteiger partial charge on any atom is -0.208 e. The first-order chi connectivity index (χ1) is 10.2. The molecule has 1 aliphatic rings. The van der Waals surface area contributed by atoms with Gasteiger partial charge in [0.1, 0.15) is 4.90 Å². The fourth-order valence-electron chi connectivity index (χ4n) is 2.57. The third-order valence-electron chi connectivity index (χ3n) is 3.73. The molecular weight excluding hydrogens is 339 g/mol. The maximum atomic E-state index is 12.7. The van der Waals surface area contributed by atoms with Crippen LogP contribution in [-0.2, 0) is 16.2 Å². The summed E-state index contributed by atoms with van der Waals surface area (Å²) >= 11 is 5.79.